The predicted octanol–water partition coefficient (Wildman–Crippen LogP) is 0.987. The van der Waals surface area contributed by atoms with Gasteiger partial charge in [-0.05, 0) is 24.1 Å². The van der Waals surface area contributed by atoms with Gasteiger partial charge in [0.05, 0.1) is 26.8 Å². The fourth-order valence-electron chi connectivity index (χ4n) is 1.78. The Labute approximate surface area is 148 Å². The molecule has 136 valence electrons. The van der Waals surface area contributed by atoms with Crippen LogP contribution in [0.15, 0.2) is 18.2 Å². The summed E-state index contributed by atoms with van der Waals surface area (Å²) in [6, 6.07) is 5.51. The molecular weight excluding hydrogens is 334 g/mol. The lowest BCUT2D eigenvalue weighted by atomic mass is 10.2. The Morgan fingerprint density at radius 2 is 1.92 bits per heavy atom. The lowest BCUT2D eigenvalue weighted by Crippen LogP contribution is -2.39. The Kier molecular flexibility index (Phi) is 11.4. The van der Waals surface area contributed by atoms with Crippen molar-refractivity contribution < 1.29 is 19.1 Å². The number of ether oxygens (including phenoxy) is 2. The van der Waals surface area contributed by atoms with E-state index in [9.17, 15) is 9.59 Å². The van der Waals surface area contributed by atoms with E-state index >= 15 is 0 Å². The predicted molar refractivity (Wildman–Crippen MR) is 94.6 cm³/mol. The van der Waals surface area contributed by atoms with E-state index in [1.165, 1.54) is 0 Å². The topological polar surface area (TPSA) is 103 Å². The summed E-state index contributed by atoms with van der Waals surface area (Å²) in [7, 11) is 1.58. The van der Waals surface area contributed by atoms with Crippen molar-refractivity contribution in [2.24, 2.45) is 5.73 Å². The Balaban J connectivity index is 0.00000529. The third kappa shape index (κ3) is 8.03. The van der Waals surface area contributed by atoms with Crippen LogP contribution in [0.25, 0.3) is 0 Å². The Morgan fingerprint density at radius 3 is 2.54 bits per heavy atom. The maximum absolute atomic E-state index is 11.6. The number of carbonyl (C=O) groups is 2. The van der Waals surface area contributed by atoms with Crippen LogP contribution in [0.3, 0.4) is 0 Å². The van der Waals surface area contributed by atoms with Gasteiger partial charge >= 0.3 is 0 Å². The number of hydrogen-bond donors (Lipinski definition) is 3. The average Bonchev–Trinajstić information content (AvgIpc) is 2.58. The summed E-state index contributed by atoms with van der Waals surface area (Å²) in [6.45, 7) is 2.85. The largest absolute Gasteiger partial charge is 0.493 e. The Hall–Kier alpha value is -1.99. The maximum atomic E-state index is 11.6. The molecule has 0 bridgehead atoms. The number of halogens is 1. The van der Waals surface area contributed by atoms with Crippen LogP contribution in [0, 0.1) is 0 Å². The van der Waals surface area contributed by atoms with Gasteiger partial charge in [-0.25, -0.2) is 0 Å². The van der Waals surface area contributed by atoms with Crippen molar-refractivity contribution in [1.82, 2.24) is 10.6 Å². The molecule has 0 spiro atoms. The van der Waals surface area contributed by atoms with E-state index in [2.05, 4.69) is 17.6 Å². The molecule has 8 heteroatoms. The van der Waals surface area contributed by atoms with Crippen molar-refractivity contribution in [1.29, 1.82) is 0 Å². The number of benzene rings is 1. The maximum Gasteiger partial charge on any atom is 0.239 e. The van der Waals surface area contributed by atoms with E-state index < -0.39 is 0 Å². The van der Waals surface area contributed by atoms with Gasteiger partial charge in [-0.2, -0.15) is 0 Å². The smallest absolute Gasteiger partial charge is 0.239 e. The fourth-order valence-corrected chi connectivity index (χ4v) is 1.78. The first-order valence-electron chi connectivity index (χ1n) is 7.63. The molecule has 0 aromatic heterocycles. The van der Waals surface area contributed by atoms with Crippen LogP contribution in [0.1, 0.15) is 25.3 Å². The molecule has 0 aliphatic heterocycles. The van der Waals surface area contributed by atoms with Crippen LogP contribution >= 0.6 is 12.4 Å². The second-order valence-corrected chi connectivity index (χ2v) is 4.94. The molecule has 2 amide bonds. The van der Waals surface area contributed by atoms with Crippen LogP contribution in [0.5, 0.6) is 11.5 Å². The first-order chi connectivity index (χ1) is 11.1. The van der Waals surface area contributed by atoms with Crippen LogP contribution < -0.4 is 25.8 Å². The van der Waals surface area contributed by atoms with Crippen molar-refractivity contribution in [3.63, 3.8) is 0 Å². The van der Waals surface area contributed by atoms with Gasteiger partial charge in [-0.15, -0.1) is 12.4 Å². The van der Waals surface area contributed by atoms with Gasteiger partial charge in [0.25, 0.3) is 0 Å². The highest BCUT2D eigenvalue weighted by atomic mass is 35.5. The SMILES string of the molecule is CCCCOc1ccc(CNC(=O)CNC(=O)CN)cc1OC.Cl. The molecule has 1 aromatic rings. The van der Waals surface area contributed by atoms with Crippen molar-refractivity contribution in [3.8, 4) is 11.5 Å². The lowest BCUT2D eigenvalue weighted by molar-refractivity contribution is -0.125. The summed E-state index contributed by atoms with van der Waals surface area (Å²) in [6.07, 6.45) is 2.04. The zero-order valence-corrected chi connectivity index (χ0v) is 14.9. The number of nitrogens with one attached hydrogen (secondary N) is 2. The molecule has 1 rings (SSSR count). The number of carbonyl (C=O) groups excluding carboxylic acids is 2. The summed E-state index contributed by atoms with van der Waals surface area (Å²) < 4.78 is 11.0. The molecule has 7 nitrogen and oxygen atoms in total. The number of unbranched alkanes of at least 4 members (excludes halogenated alkanes) is 1. The highest BCUT2D eigenvalue weighted by molar-refractivity contribution is 5.85. The van der Waals surface area contributed by atoms with Gasteiger partial charge in [0.15, 0.2) is 11.5 Å². The molecule has 0 saturated heterocycles. The van der Waals surface area contributed by atoms with Gasteiger partial charge in [0.2, 0.25) is 11.8 Å². The second kappa shape index (κ2) is 12.4. The minimum absolute atomic E-state index is 0. The van der Waals surface area contributed by atoms with Gasteiger partial charge in [0, 0.05) is 6.54 Å². The zero-order valence-electron chi connectivity index (χ0n) is 14.1. The van der Waals surface area contributed by atoms with E-state index in [-0.39, 0.29) is 37.3 Å². The number of nitrogens with two attached hydrogens (primary N) is 1. The zero-order chi connectivity index (χ0) is 17.1. The molecule has 0 aliphatic carbocycles. The lowest BCUT2D eigenvalue weighted by Gasteiger charge is -2.12. The van der Waals surface area contributed by atoms with Gasteiger partial charge in [0.1, 0.15) is 0 Å². The van der Waals surface area contributed by atoms with E-state index in [1.807, 2.05) is 18.2 Å². The van der Waals surface area contributed by atoms with Crippen LogP contribution in [-0.4, -0.2) is 38.6 Å². The summed E-state index contributed by atoms with van der Waals surface area (Å²) >= 11 is 0. The molecular formula is C16H26ClN3O4. The molecule has 0 aliphatic rings. The summed E-state index contributed by atoms with van der Waals surface area (Å²) in [5, 5.41) is 5.12. The second-order valence-electron chi connectivity index (χ2n) is 4.94. The number of amides is 2. The molecule has 0 fully saturated rings. The Morgan fingerprint density at radius 1 is 1.17 bits per heavy atom. The number of hydrogen-bond acceptors (Lipinski definition) is 5. The third-order valence-electron chi connectivity index (χ3n) is 3.10. The molecule has 0 unspecified atom stereocenters. The van der Waals surface area contributed by atoms with Gasteiger partial charge in [-0.3, -0.25) is 9.59 Å². The molecule has 0 saturated carbocycles. The molecule has 0 heterocycles. The Bertz CT molecular complexity index is 526. The highest BCUT2D eigenvalue weighted by Crippen LogP contribution is 2.28. The highest BCUT2D eigenvalue weighted by Gasteiger charge is 2.08. The summed E-state index contributed by atoms with van der Waals surface area (Å²) in [5.41, 5.74) is 6.02. The first kappa shape index (κ1) is 22.0. The van der Waals surface area contributed by atoms with E-state index in [1.54, 1.807) is 7.11 Å². The van der Waals surface area contributed by atoms with Gasteiger partial charge in [-0.1, -0.05) is 19.4 Å². The van der Waals surface area contributed by atoms with E-state index in [0.717, 1.165) is 18.4 Å². The fraction of sp³-hybridized carbons (Fsp3) is 0.500. The minimum atomic E-state index is -0.365. The minimum Gasteiger partial charge on any atom is -0.493 e. The van der Waals surface area contributed by atoms with Crippen molar-refractivity contribution in [2.45, 2.75) is 26.3 Å². The number of methoxy groups -OCH3 is 1. The monoisotopic (exact) mass is 359 g/mol. The van der Waals surface area contributed by atoms with Crippen LogP contribution in [0.4, 0.5) is 0 Å². The van der Waals surface area contributed by atoms with Crippen molar-refractivity contribution >= 4 is 24.2 Å². The van der Waals surface area contributed by atoms with E-state index in [0.29, 0.717) is 24.7 Å². The van der Waals surface area contributed by atoms with Crippen molar-refractivity contribution in [3.05, 3.63) is 23.8 Å². The average molecular weight is 360 g/mol. The van der Waals surface area contributed by atoms with Crippen LogP contribution in [-0.2, 0) is 16.1 Å². The summed E-state index contributed by atoms with van der Waals surface area (Å²) in [5.74, 6) is 0.667. The normalized spacial score (nSPS) is 9.62. The first-order valence-corrected chi connectivity index (χ1v) is 7.63. The van der Waals surface area contributed by atoms with Crippen LogP contribution in [0.2, 0.25) is 0 Å². The standard InChI is InChI=1S/C16H25N3O4.ClH/c1-3-4-7-23-13-6-5-12(8-14(13)22-2)10-18-16(21)11-19-15(20)9-17;/h5-6,8H,3-4,7,9-11,17H2,1-2H3,(H,18,21)(H,19,20);1H. The molecule has 4 N–H and O–H groups in total. The van der Waals surface area contributed by atoms with Crippen molar-refractivity contribution in [2.75, 3.05) is 26.8 Å². The van der Waals surface area contributed by atoms with E-state index in [4.69, 9.17) is 15.2 Å². The number of rotatable bonds is 10. The van der Waals surface area contributed by atoms with Gasteiger partial charge < -0.3 is 25.8 Å². The quantitative estimate of drug-likeness (QED) is 0.540. The summed E-state index contributed by atoms with van der Waals surface area (Å²) in [4.78, 5) is 22.6. The molecule has 1 aromatic carbocycles. The molecule has 0 atom stereocenters. The third-order valence-corrected chi connectivity index (χ3v) is 3.10. The molecule has 0 radical (unpaired) electrons. The molecule has 24 heavy (non-hydrogen) atoms.